The number of nitrogens with zero attached hydrogens (tertiary/aromatic N) is 3. The molecule has 6 heteroatoms. The lowest BCUT2D eigenvalue weighted by atomic mass is 10.2. The Morgan fingerprint density at radius 1 is 1.32 bits per heavy atom. The zero-order valence-corrected chi connectivity index (χ0v) is 11.8. The highest BCUT2D eigenvalue weighted by Gasteiger charge is 2.17. The molecular formula is C13H12Cl2N4. The van der Waals surface area contributed by atoms with Gasteiger partial charge in [0.15, 0.2) is 0 Å². The lowest BCUT2D eigenvalue weighted by molar-refractivity contribution is 0.802. The first kappa shape index (κ1) is 12.5. The van der Waals surface area contributed by atoms with Gasteiger partial charge < -0.3 is 4.98 Å². The van der Waals surface area contributed by atoms with E-state index in [1.165, 1.54) is 0 Å². The third-order valence-electron chi connectivity index (χ3n) is 3.05. The van der Waals surface area contributed by atoms with E-state index >= 15 is 0 Å². The number of fused-ring (bicyclic) bond motifs is 1. The predicted molar refractivity (Wildman–Crippen MR) is 77.2 cm³/mol. The van der Waals surface area contributed by atoms with Crippen molar-refractivity contribution in [3.63, 3.8) is 0 Å². The summed E-state index contributed by atoms with van der Waals surface area (Å²) in [5.41, 5.74) is 3.61. The van der Waals surface area contributed by atoms with E-state index in [0.29, 0.717) is 17.0 Å². The van der Waals surface area contributed by atoms with Crippen LogP contribution in [0.4, 0.5) is 0 Å². The van der Waals surface area contributed by atoms with Gasteiger partial charge in [0.2, 0.25) is 5.95 Å². The van der Waals surface area contributed by atoms with Crippen molar-refractivity contribution < 1.29 is 0 Å². The predicted octanol–water partition coefficient (Wildman–Crippen LogP) is 3.70. The number of rotatable bonds is 3. The molecule has 19 heavy (non-hydrogen) atoms. The van der Waals surface area contributed by atoms with Crippen molar-refractivity contribution in [2.45, 2.75) is 19.2 Å². The molecule has 3 aromatic rings. The Balaban J connectivity index is 2.18. The largest absolute Gasteiger partial charge is 0.322 e. The van der Waals surface area contributed by atoms with E-state index in [4.69, 9.17) is 23.2 Å². The molecule has 4 nitrogen and oxygen atoms in total. The molecule has 0 atom stereocenters. The fraction of sp³-hybridized carbons (Fsp3) is 0.231. The van der Waals surface area contributed by atoms with Gasteiger partial charge in [-0.05, 0) is 18.6 Å². The van der Waals surface area contributed by atoms with Gasteiger partial charge in [0.1, 0.15) is 5.15 Å². The van der Waals surface area contributed by atoms with Gasteiger partial charge >= 0.3 is 0 Å². The number of benzene rings is 1. The minimum atomic E-state index is 0.349. The van der Waals surface area contributed by atoms with Crippen LogP contribution in [-0.2, 0) is 12.3 Å². The molecule has 1 aromatic carbocycles. The van der Waals surface area contributed by atoms with Crippen molar-refractivity contribution in [2.24, 2.45) is 0 Å². The van der Waals surface area contributed by atoms with Crippen molar-refractivity contribution in [1.29, 1.82) is 0 Å². The van der Waals surface area contributed by atoms with Gasteiger partial charge in [-0.25, -0.2) is 4.98 Å². The van der Waals surface area contributed by atoms with Crippen LogP contribution in [0.1, 0.15) is 18.2 Å². The van der Waals surface area contributed by atoms with Gasteiger partial charge in [0.05, 0.1) is 22.6 Å². The van der Waals surface area contributed by atoms with Crippen LogP contribution in [0.2, 0.25) is 5.15 Å². The molecule has 0 radical (unpaired) electrons. The summed E-state index contributed by atoms with van der Waals surface area (Å²) in [4.78, 5) is 7.69. The smallest absolute Gasteiger partial charge is 0.230 e. The van der Waals surface area contributed by atoms with Crippen molar-refractivity contribution in [3.8, 4) is 5.95 Å². The van der Waals surface area contributed by atoms with Crippen molar-refractivity contribution in [2.75, 3.05) is 0 Å². The number of para-hydroxylation sites is 2. The zero-order chi connectivity index (χ0) is 13.4. The normalized spacial score (nSPS) is 11.3. The Bertz CT molecular complexity index is 696. The molecule has 0 bridgehead atoms. The molecule has 0 saturated heterocycles. The van der Waals surface area contributed by atoms with Gasteiger partial charge in [0.25, 0.3) is 0 Å². The summed E-state index contributed by atoms with van der Waals surface area (Å²) >= 11 is 12.3. The first-order valence-electron chi connectivity index (χ1n) is 6.02. The van der Waals surface area contributed by atoms with Crippen molar-refractivity contribution >= 4 is 34.2 Å². The molecule has 0 aliphatic rings. The Hall–Kier alpha value is -1.52. The fourth-order valence-corrected chi connectivity index (χ4v) is 2.71. The number of halogens is 2. The number of H-pyrrole nitrogens is 1. The van der Waals surface area contributed by atoms with Crippen LogP contribution >= 0.6 is 23.2 Å². The standard InChI is InChI=1S/C13H12Cl2N4/c1-2-9-8(7-14)12(15)19(18-9)13-16-10-5-3-4-6-11(10)17-13/h3-6H,2,7H2,1H3,(H,16,17). The number of aromatic amines is 1. The number of hydrogen-bond donors (Lipinski definition) is 1. The lowest BCUT2D eigenvalue weighted by Gasteiger charge is -1.97. The number of imidazole rings is 1. The number of hydrogen-bond acceptors (Lipinski definition) is 2. The second-order valence-electron chi connectivity index (χ2n) is 4.19. The second-order valence-corrected chi connectivity index (χ2v) is 4.82. The van der Waals surface area contributed by atoms with Crippen LogP contribution in [0, 0.1) is 0 Å². The monoisotopic (exact) mass is 294 g/mol. The average molecular weight is 295 g/mol. The molecule has 0 unspecified atom stereocenters. The van der Waals surface area contributed by atoms with E-state index in [1.54, 1.807) is 4.68 Å². The van der Waals surface area contributed by atoms with Gasteiger partial charge in [-0.1, -0.05) is 30.7 Å². The fourth-order valence-electron chi connectivity index (χ4n) is 2.07. The molecule has 98 valence electrons. The summed E-state index contributed by atoms with van der Waals surface area (Å²) in [5, 5.41) is 4.99. The molecule has 0 saturated carbocycles. The van der Waals surface area contributed by atoms with Crippen molar-refractivity contribution in [1.82, 2.24) is 19.7 Å². The molecule has 0 aliphatic carbocycles. The molecule has 2 heterocycles. The Morgan fingerprint density at radius 3 is 2.74 bits per heavy atom. The SMILES string of the molecule is CCc1nn(-c2nc3ccccc3[nH]2)c(Cl)c1CCl. The third kappa shape index (κ3) is 2.01. The summed E-state index contributed by atoms with van der Waals surface area (Å²) < 4.78 is 1.61. The van der Waals surface area contributed by atoms with Gasteiger partial charge in [-0.15, -0.1) is 11.6 Å². The summed E-state index contributed by atoms with van der Waals surface area (Å²) in [6.07, 6.45) is 0.787. The summed E-state index contributed by atoms with van der Waals surface area (Å²) in [5.74, 6) is 0.958. The molecule has 0 spiro atoms. The topological polar surface area (TPSA) is 46.5 Å². The number of aromatic nitrogens is 4. The molecule has 0 amide bonds. The Morgan fingerprint density at radius 2 is 2.11 bits per heavy atom. The number of alkyl halides is 1. The maximum Gasteiger partial charge on any atom is 0.230 e. The Labute approximate surface area is 120 Å². The molecule has 0 fully saturated rings. The zero-order valence-electron chi connectivity index (χ0n) is 10.3. The minimum absolute atomic E-state index is 0.349. The first-order valence-corrected chi connectivity index (χ1v) is 6.93. The maximum atomic E-state index is 6.33. The number of nitrogens with one attached hydrogen (secondary N) is 1. The van der Waals surface area contributed by atoms with E-state index in [0.717, 1.165) is 28.7 Å². The minimum Gasteiger partial charge on any atom is -0.322 e. The number of aryl methyl sites for hydroxylation is 1. The summed E-state index contributed by atoms with van der Waals surface area (Å²) in [6, 6.07) is 7.80. The van der Waals surface area contributed by atoms with Crippen molar-refractivity contribution in [3.05, 3.63) is 40.7 Å². The van der Waals surface area contributed by atoms with Gasteiger partial charge in [-0.2, -0.15) is 9.78 Å². The average Bonchev–Trinajstić information content (AvgIpc) is 2.98. The van der Waals surface area contributed by atoms with Crippen LogP contribution in [0.5, 0.6) is 0 Å². The first-order chi connectivity index (χ1) is 9.24. The highest BCUT2D eigenvalue weighted by atomic mass is 35.5. The van der Waals surface area contributed by atoms with E-state index < -0.39 is 0 Å². The third-order valence-corrected chi connectivity index (χ3v) is 3.71. The van der Waals surface area contributed by atoms with Crippen LogP contribution in [0.3, 0.4) is 0 Å². The van der Waals surface area contributed by atoms with Crippen LogP contribution in [-0.4, -0.2) is 19.7 Å². The maximum absolute atomic E-state index is 6.33. The van der Waals surface area contributed by atoms with Crippen LogP contribution in [0.15, 0.2) is 24.3 Å². The summed E-state index contributed by atoms with van der Waals surface area (Å²) in [7, 11) is 0. The van der Waals surface area contributed by atoms with Crippen LogP contribution < -0.4 is 0 Å². The van der Waals surface area contributed by atoms with E-state index in [9.17, 15) is 0 Å². The highest BCUT2D eigenvalue weighted by molar-refractivity contribution is 6.31. The van der Waals surface area contributed by atoms with Gasteiger partial charge in [0, 0.05) is 5.56 Å². The molecule has 1 N–H and O–H groups in total. The Kier molecular flexibility index (Phi) is 3.21. The van der Waals surface area contributed by atoms with E-state index in [2.05, 4.69) is 15.1 Å². The molecule has 0 aliphatic heterocycles. The van der Waals surface area contributed by atoms with Crippen LogP contribution in [0.25, 0.3) is 17.0 Å². The second kappa shape index (κ2) is 4.87. The molecule has 2 aromatic heterocycles. The van der Waals surface area contributed by atoms with E-state index in [1.807, 2.05) is 31.2 Å². The quantitative estimate of drug-likeness (QED) is 0.749. The lowest BCUT2D eigenvalue weighted by Crippen LogP contribution is -1.99. The summed E-state index contributed by atoms with van der Waals surface area (Å²) in [6.45, 7) is 2.03. The highest BCUT2D eigenvalue weighted by Crippen LogP contribution is 2.25. The van der Waals surface area contributed by atoms with E-state index in [-0.39, 0.29) is 0 Å². The molecular weight excluding hydrogens is 283 g/mol. The van der Waals surface area contributed by atoms with Gasteiger partial charge in [-0.3, -0.25) is 0 Å². The molecule has 3 rings (SSSR count).